The third kappa shape index (κ3) is 2.95. The van der Waals surface area contributed by atoms with E-state index in [0.717, 1.165) is 12.8 Å². The van der Waals surface area contributed by atoms with Gasteiger partial charge < -0.3 is 34.1 Å². The number of hydrogen-bond donors (Lipinski definition) is 2. The summed E-state index contributed by atoms with van der Waals surface area (Å²) in [7, 11) is -0.740. The molecule has 0 spiro atoms. The van der Waals surface area contributed by atoms with Crippen LogP contribution in [-0.4, -0.2) is 76.8 Å². The Hall–Kier alpha value is -1.20. The van der Waals surface area contributed by atoms with Crippen LogP contribution >= 0.6 is 0 Å². The maximum absolute atomic E-state index is 12.0. The van der Waals surface area contributed by atoms with Crippen LogP contribution in [0.1, 0.15) is 40.5 Å². The summed E-state index contributed by atoms with van der Waals surface area (Å²) in [6, 6.07) is 0.161. The molecule has 2 aliphatic carbocycles. The Morgan fingerprint density at radius 2 is 1.48 bits per heavy atom. The van der Waals surface area contributed by atoms with Gasteiger partial charge in [-0.05, 0) is 47.4 Å². The Balaban J connectivity index is 0.000000128. The zero-order valence-electron chi connectivity index (χ0n) is 17.5. The van der Waals surface area contributed by atoms with Gasteiger partial charge in [-0.2, -0.15) is 0 Å². The third-order valence-corrected chi connectivity index (χ3v) is 6.90. The van der Waals surface area contributed by atoms with Gasteiger partial charge in [0.25, 0.3) is 0 Å². The molecule has 4 saturated heterocycles. The lowest BCUT2D eigenvalue weighted by molar-refractivity contribution is -0.156. The molecule has 0 aromatic heterocycles. The average Bonchev–Trinajstić information content (AvgIpc) is 3.35. The first kappa shape index (κ1) is 19.7. The fraction of sp³-hybridized carbons (Fsp3) is 0.895. The first-order valence-corrected chi connectivity index (χ1v) is 10.5. The maximum Gasteiger partial charge on any atom is 0.412 e. The van der Waals surface area contributed by atoms with E-state index in [1.165, 1.54) is 4.81 Å². The van der Waals surface area contributed by atoms with Crippen LogP contribution < -0.4 is 5.32 Å². The normalized spacial score (nSPS) is 47.0. The molecule has 10 heteroatoms. The molecule has 8 unspecified atom stereocenters. The van der Waals surface area contributed by atoms with Crippen LogP contribution in [0, 0.1) is 11.8 Å². The zero-order chi connectivity index (χ0) is 20.9. The molecule has 6 fully saturated rings. The predicted molar refractivity (Wildman–Crippen MR) is 100 cm³/mol. The molecular weight excluding hydrogens is 379 g/mol. The lowest BCUT2D eigenvalue weighted by Gasteiger charge is -2.33. The van der Waals surface area contributed by atoms with Gasteiger partial charge in [0.1, 0.15) is 24.4 Å². The number of carbonyl (C=O) groups excluding carboxylic acids is 2. The average molecular weight is 408 g/mol. The van der Waals surface area contributed by atoms with E-state index in [1.54, 1.807) is 6.82 Å². The molecule has 4 aliphatic heterocycles. The van der Waals surface area contributed by atoms with E-state index in [0.29, 0.717) is 0 Å². The summed E-state index contributed by atoms with van der Waals surface area (Å²) in [4.78, 5) is 24.9. The van der Waals surface area contributed by atoms with E-state index in [4.69, 9.17) is 18.9 Å². The van der Waals surface area contributed by atoms with Gasteiger partial charge in [0.15, 0.2) is 11.6 Å². The van der Waals surface area contributed by atoms with E-state index < -0.39 is 18.6 Å². The first-order valence-electron chi connectivity index (χ1n) is 10.5. The summed E-state index contributed by atoms with van der Waals surface area (Å²) in [5, 5.41) is 12.5. The van der Waals surface area contributed by atoms with Gasteiger partial charge in [-0.25, -0.2) is 0 Å². The van der Waals surface area contributed by atoms with E-state index in [-0.39, 0.29) is 60.1 Å². The summed E-state index contributed by atoms with van der Waals surface area (Å²) < 4.78 is 23.0. The molecule has 6 aliphatic rings. The van der Waals surface area contributed by atoms with Crippen LogP contribution in [0.4, 0.5) is 0 Å². The molecule has 8 atom stereocenters. The summed E-state index contributed by atoms with van der Waals surface area (Å²) in [6.45, 7) is 9.14. The minimum absolute atomic E-state index is 0.00236. The fourth-order valence-corrected chi connectivity index (χ4v) is 5.95. The molecule has 0 aromatic rings. The van der Waals surface area contributed by atoms with E-state index >= 15 is 0 Å². The lowest BCUT2D eigenvalue weighted by atomic mass is 9.81. The van der Waals surface area contributed by atoms with Crippen molar-refractivity contribution in [2.45, 2.75) is 95.4 Å². The van der Waals surface area contributed by atoms with Crippen LogP contribution in [0.2, 0.25) is 6.82 Å². The number of fused-ring (bicyclic) bond motifs is 10. The van der Waals surface area contributed by atoms with Crippen molar-refractivity contribution in [3.63, 3.8) is 0 Å². The van der Waals surface area contributed by atoms with Crippen molar-refractivity contribution in [2.75, 3.05) is 0 Å². The van der Waals surface area contributed by atoms with Crippen LogP contribution in [0.3, 0.4) is 0 Å². The molecule has 6 rings (SSSR count). The SMILES string of the molecule is CB(O)N1C(=O)C2CC1C1OC(C)(C)OC21.CC1(C)OC2C3CC(C(=O)N3)C2O1. The topological polar surface area (TPSA) is 107 Å². The van der Waals surface area contributed by atoms with Gasteiger partial charge in [0, 0.05) is 0 Å². The summed E-state index contributed by atoms with van der Waals surface area (Å²) in [5.41, 5.74) is 0. The standard InChI is InChI=1S/C10H16BNO4.C9H13NO3/c1-10(2)15-7-5-4-6(8(7)16-10)12(9(5)13)11(3)14;1-9(2)12-6-4-3-5(7(6)13-9)10-8(4)11/h5-8,14H,4H2,1-3H3;4-7H,3H2,1-2H3,(H,10,11). The fourth-order valence-electron chi connectivity index (χ4n) is 5.95. The Kier molecular flexibility index (Phi) is 4.20. The molecule has 2 N–H and O–H groups in total. The lowest BCUT2D eigenvalue weighted by Crippen LogP contribution is -2.55. The highest BCUT2D eigenvalue weighted by atomic mass is 16.8. The Bertz CT molecular complexity index is 744. The van der Waals surface area contributed by atoms with E-state index in [2.05, 4.69) is 5.32 Å². The van der Waals surface area contributed by atoms with Gasteiger partial charge in [-0.15, -0.1) is 0 Å². The molecular formula is C19H29BN2O7. The van der Waals surface area contributed by atoms with Gasteiger partial charge >= 0.3 is 7.05 Å². The number of nitrogens with one attached hydrogen (secondary N) is 1. The second-order valence-corrected chi connectivity index (χ2v) is 9.87. The van der Waals surface area contributed by atoms with Crippen LogP contribution in [0.15, 0.2) is 0 Å². The Labute approximate surface area is 170 Å². The zero-order valence-corrected chi connectivity index (χ0v) is 17.5. The molecule has 160 valence electrons. The molecule has 4 bridgehead atoms. The van der Waals surface area contributed by atoms with Crippen molar-refractivity contribution >= 4 is 18.9 Å². The van der Waals surface area contributed by atoms with Crippen molar-refractivity contribution in [3.05, 3.63) is 0 Å². The number of amides is 2. The molecule has 0 radical (unpaired) electrons. The van der Waals surface area contributed by atoms with Crippen molar-refractivity contribution in [3.8, 4) is 0 Å². The minimum Gasteiger partial charge on any atom is -0.432 e. The van der Waals surface area contributed by atoms with Crippen molar-refractivity contribution in [1.29, 1.82) is 0 Å². The molecule has 4 heterocycles. The molecule has 9 nitrogen and oxygen atoms in total. The molecule has 2 amide bonds. The van der Waals surface area contributed by atoms with E-state index in [9.17, 15) is 14.6 Å². The van der Waals surface area contributed by atoms with Crippen LogP contribution in [0.5, 0.6) is 0 Å². The van der Waals surface area contributed by atoms with Crippen molar-refractivity contribution < 1.29 is 33.6 Å². The number of nitrogens with zero attached hydrogens (tertiary/aromatic N) is 1. The second-order valence-electron chi connectivity index (χ2n) is 9.87. The summed E-state index contributed by atoms with van der Waals surface area (Å²) in [5.74, 6) is -1.10. The van der Waals surface area contributed by atoms with E-state index in [1.807, 2.05) is 27.7 Å². The monoisotopic (exact) mass is 408 g/mol. The minimum atomic E-state index is -0.740. The van der Waals surface area contributed by atoms with Gasteiger partial charge in [0.2, 0.25) is 11.8 Å². The Morgan fingerprint density at radius 1 is 0.931 bits per heavy atom. The smallest absolute Gasteiger partial charge is 0.412 e. The predicted octanol–water partition coefficient (Wildman–Crippen LogP) is -0.128. The van der Waals surface area contributed by atoms with Crippen molar-refractivity contribution in [1.82, 2.24) is 10.1 Å². The number of rotatable bonds is 1. The first-order chi connectivity index (χ1) is 13.5. The molecule has 2 saturated carbocycles. The maximum atomic E-state index is 12.0. The van der Waals surface area contributed by atoms with Gasteiger partial charge in [-0.1, -0.05) is 0 Å². The molecule has 29 heavy (non-hydrogen) atoms. The van der Waals surface area contributed by atoms with Crippen LogP contribution in [0.25, 0.3) is 0 Å². The quantitative estimate of drug-likeness (QED) is 0.583. The highest BCUT2D eigenvalue weighted by Gasteiger charge is 2.64. The number of carbonyl (C=O) groups is 2. The summed E-state index contributed by atoms with van der Waals surface area (Å²) in [6.07, 6.45) is 1.50. The van der Waals surface area contributed by atoms with Gasteiger partial charge in [0.05, 0.1) is 23.9 Å². The van der Waals surface area contributed by atoms with Crippen LogP contribution in [-0.2, 0) is 28.5 Å². The molecule has 0 aromatic carbocycles. The van der Waals surface area contributed by atoms with Crippen molar-refractivity contribution in [2.24, 2.45) is 11.8 Å². The number of hydrogen-bond acceptors (Lipinski definition) is 7. The number of piperidine rings is 2. The largest absolute Gasteiger partial charge is 0.432 e. The highest BCUT2D eigenvalue weighted by Crippen LogP contribution is 2.49. The Morgan fingerprint density at radius 3 is 2.10 bits per heavy atom. The second kappa shape index (κ2) is 6.17. The third-order valence-electron chi connectivity index (χ3n) is 6.90. The number of ether oxygens (including phenoxy) is 4. The summed E-state index contributed by atoms with van der Waals surface area (Å²) >= 11 is 0. The highest BCUT2D eigenvalue weighted by molar-refractivity contribution is 6.49. The van der Waals surface area contributed by atoms with Gasteiger partial charge in [-0.3, -0.25) is 9.59 Å².